The maximum atomic E-state index is 5.33. The number of ether oxygens (including phenoxy) is 2. The van der Waals surface area contributed by atoms with Crippen molar-refractivity contribution >= 4 is 5.69 Å². The van der Waals surface area contributed by atoms with Crippen molar-refractivity contribution in [2.24, 2.45) is 0 Å². The summed E-state index contributed by atoms with van der Waals surface area (Å²) >= 11 is 0. The summed E-state index contributed by atoms with van der Waals surface area (Å²) < 4.78 is 10.7. The second-order valence-corrected chi connectivity index (χ2v) is 3.84. The minimum Gasteiger partial charge on any atom is -0.494 e. The molecule has 0 unspecified atom stereocenters. The number of nitrogens with one attached hydrogen (secondary N) is 1. The van der Waals surface area contributed by atoms with Gasteiger partial charge in [-0.2, -0.15) is 0 Å². The maximum Gasteiger partial charge on any atom is 0.146 e. The molecule has 3 heteroatoms. The van der Waals surface area contributed by atoms with Crippen molar-refractivity contribution in [2.75, 3.05) is 19.5 Å². The Morgan fingerprint density at radius 2 is 1.53 bits per heavy atom. The lowest BCUT2D eigenvalue weighted by Crippen LogP contribution is -2.11. The molecule has 0 aliphatic rings. The molecule has 1 N–H and O–H groups in total. The third-order valence-electron chi connectivity index (χ3n) is 2.08. The van der Waals surface area contributed by atoms with Crippen LogP contribution in [0.15, 0.2) is 12.1 Å². The molecule has 1 rings (SSSR count). The van der Waals surface area contributed by atoms with Crippen LogP contribution in [0.25, 0.3) is 0 Å². The summed E-state index contributed by atoms with van der Waals surface area (Å²) in [5.74, 6) is 1.64. The van der Waals surface area contributed by atoms with E-state index in [-0.39, 0.29) is 0 Å². The Bertz CT molecular complexity index is 309. The van der Waals surface area contributed by atoms with E-state index in [1.807, 2.05) is 19.1 Å². The van der Waals surface area contributed by atoms with Gasteiger partial charge in [0.1, 0.15) is 17.2 Å². The minimum atomic E-state index is 0.343. The molecule has 0 saturated heterocycles. The Morgan fingerprint density at radius 1 is 1.07 bits per heavy atom. The van der Waals surface area contributed by atoms with Gasteiger partial charge in [-0.1, -0.05) is 0 Å². The van der Waals surface area contributed by atoms with Gasteiger partial charge in [-0.25, -0.2) is 0 Å². The third kappa shape index (κ3) is 2.78. The molecule has 0 aliphatic heterocycles. The molecule has 0 fully saturated rings. The van der Waals surface area contributed by atoms with Crippen molar-refractivity contribution in [3.05, 3.63) is 17.7 Å². The Morgan fingerprint density at radius 3 is 1.87 bits per heavy atom. The van der Waals surface area contributed by atoms with Crippen molar-refractivity contribution in [1.82, 2.24) is 0 Å². The largest absolute Gasteiger partial charge is 0.494 e. The van der Waals surface area contributed by atoms with E-state index in [4.69, 9.17) is 9.47 Å². The molecule has 3 nitrogen and oxygen atoms in total. The molecule has 0 spiro atoms. The van der Waals surface area contributed by atoms with Gasteiger partial charge in [0.05, 0.1) is 14.2 Å². The Kier molecular flexibility index (Phi) is 3.83. The van der Waals surface area contributed by atoms with Crippen LogP contribution in [-0.2, 0) is 0 Å². The Labute approximate surface area is 91.4 Å². The van der Waals surface area contributed by atoms with Crippen LogP contribution in [0.4, 0.5) is 5.69 Å². The van der Waals surface area contributed by atoms with Crippen LogP contribution in [0, 0.1) is 6.92 Å². The summed E-state index contributed by atoms with van der Waals surface area (Å²) in [7, 11) is 3.33. The number of methoxy groups -OCH3 is 2. The lowest BCUT2D eigenvalue weighted by atomic mass is 10.1. The van der Waals surface area contributed by atoms with E-state index in [2.05, 4.69) is 19.2 Å². The molecular weight excluding hydrogens is 190 g/mol. The van der Waals surface area contributed by atoms with Crippen molar-refractivity contribution in [1.29, 1.82) is 0 Å². The molecule has 0 atom stereocenters. The van der Waals surface area contributed by atoms with Gasteiger partial charge in [0.15, 0.2) is 0 Å². The van der Waals surface area contributed by atoms with Crippen LogP contribution >= 0.6 is 0 Å². The zero-order valence-electron chi connectivity index (χ0n) is 10.0. The lowest BCUT2D eigenvalue weighted by Gasteiger charge is -2.18. The molecule has 0 heterocycles. The quantitative estimate of drug-likeness (QED) is 0.827. The van der Waals surface area contributed by atoms with Crippen molar-refractivity contribution in [3.63, 3.8) is 0 Å². The first-order chi connectivity index (χ1) is 7.08. The molecule has 0 aromatic heterocycles. The lowest BCUT2D eigenvalue weighted by molar-refractivity contribution is 0.396. The number of hydrogen-bond donors (Lipinski definition) is 1. The zero-order chi connectivity index (χ0) is 11.4. The topological polar surface area (TPSA) is 30.5 Å². The van der Waals surface area contributed by atoms with E-state index < -0.39 is 0 Å². The first kappa shape index (κ1) is 11.7. The molecule has 0 amide bonds. The average Bonchev–Trinajstić information content (AvgIpc) is 2.19. The first-order valence-corrected chi connectivity index (χ1v) is 5.07. The van der Waals surface area contributed by atoms with Crippen LogP contribution in [0.1, 0.15) is 19.4 Å². The van der Waals surface area contributed by atoms with E-state index in [9.17, 15) is 0 Å². The molecule has 0 saturated carbocycles. The van der Waals surface area contributed by atoms with Gasteiger partial charge in [0.25, 0.3) is 0 Å². The molecule has 1 aromatic rings. The van der Waals surface area contributed by atoms with E-state index in [1.165, 1.54) is 0 Å². The van der Waals surface area contributed by atoms with Crippen molar-refractivity contribution in [3.8, 4) is 11.5 Å². The van der Waals surface area contributed by atoms with Crippen LogP contribution in [-0.4, -0.2) is 20.3 Å². The number of aryl methyl sites for hydroxylation is 1. The van der Waals surface area contributed by atoms with Gasteiger partial charge in [-0.05, 0) is 38.5 Å². The molecule has 0 radical (unpaired) electrons. The number of anilines is 1. The number of rotatable bonds is 4. The molecule has 15 heavy (non-hydrogen) atoms. The first-order valence-electron chi connectivity index (χ1n) is 5.07. The monoisotopic (exact) mass is 209 g/mol. The van der Waals surface area contributed by atoms with Crippen LogP contribution in [0.5, 0.6) is 11.5 Å². The third-order valence-corrected chi connectivity index (χ3v) is 2.08. The second-order valence-electron chi connectivity index (χ2n) is 3.84. The zero-order valence-corrected chi connectivity index (χ0v) is 10.0. The standard InChI is InChI=1S/C12H19NO2/c1-8(2)13-12-10(14-4)6-9(3)7-11(12)15-5/h6-8,13H,1-5H3. The highest BCUT2D eigenvalue weighted by molar-refractivity contribution is 5.67. The molecule has 84 valence electrons. The maximum absolute atomic E-state index is 5.33. The fourth-order valence-corrected chi connectivity index (χ4v) is 1.47. The molecule has 1 aromatic carbocycles. The number of hydrogen-bond acceptors (Lipinski definition) is 3. The fourth-order valence-electron chi connectivity index (χ4n) is 1.47. The summed E-state index contributed by atoms with van der Waals surface area (Å²) in [4.78, 5) is 0. The van der Waals surface area contributed by atoms with Gasteiger partial charge in [0.2, 0.25) is 0 Å². The molecule has 0 aliphatic carbocycles. The highest BCUT2D eigenvalue weighted by atomic mass is 16.5. The molecule has 0 bridgehead atoms. The summed E-state index contributed by atoms with van der Waals surface area (Å²) in [6.07, 6.45) is 0. The minimum absolute atomic E-state index is 0.343. The van der Waals surface area contributed by atoms with E-state index in [0.717, 1.165) is 22.7 Å². The average molecular weight is 209 g/mol. The summed E-state index contributed by atoms with van der Waals surface area (Å²) in [5, 5.41) is 3.32. The SMILES string of the molecule is COc1cc(C)cc(OC)c1NC(C)C. The van der Waals surface area contributed by atoms with Crippen LogP contribution < -0.4 is 14.8 Å². The van der Waals surface area contributed by atoms with Gasteiger partial charge in [-0.15, -0.1) is 0 Å². The predicted molar refractivity (Wildman–Crippen MR) is 63.0 cm³/mol. The summed E-state index contributed by atoms with van der Waals surface area (Å²) in [6.45, 7) is 6.18. The second kappa shape index (κ2) is 4.91. The van der Waals surface area contributed by atoms with Gasteiger partial charge in [-0.3, -0.25) is 0 Å². The normalized spacial score (nSPS) is 10.3. The van der Waals surface area contributed by atoms with E-state index in [1.54, 1.807) is 14.2 Å². The summed E-state index contributed by atoms with van der Waals surface area (Å²) in [6, 6.07) is 4.33. The number of benzene rings is 1. The van der Waals surface area contributed by atoms with Crippen LogP contribution in [0.2, 0.25) is 0 Å². The van der Waals surface area contributed by atoms with Crippen molar-refractivity contribution in [2.45, 2.75) is 26.8 Å². The smallest absolute Gasteiger partial charge is 0.146 e. The highest BCUT2D eigenvalue weighted by Gasteiger charge is 2.11. The van der Waals surface area contributed by atoms with E-state index >= 15 is 0 Å². The Balaban J connectivity index is 3.18. The van der Waals surface area contributed by atoms with Crippen LogP contribution in [0.3, 0.4) is 0 Å². The summed E-state index contributed by atoms with van der Waals surface area (Å²) in [5.41, 5.74) is 2.04. The van der Waals surface area contributed by atoms with Gasteiger partial charge >= 0.3 is 0 Å². The molecular formula is C12H19NO2. The van der Waals surface area contributed by atoms with Gasteiger partial charge < -0.3 is 14.8 Å². The van der Waals surface area contributed by atoms with Crippen molar-refractivity contribution < 1.29 is 9.47 Å². The fraction of sp³-hybridized carbons (Fsp3) is 0.500. The highest BCUT2D eigenvalue weighted by Crippen LogP contribution is 2.36. The Hall–Kier alpha value is -1.38. The van der Waals surface area contributed by atoms with Gasteiger partial charge in [0, 0.05) is 6.04 Å². The van der Waals surface area contributed by atoms with E-state index in [0.29, 0.717) is 6.04 Å². The predicted octanol–water partition coefficient (Wildman–Crippen LogP) is 2.83.